The number of methoxy groups -OCH3 is 2. The van der Waals surface area contributed by atoms with Crippen molar-refractivity contribution in [3.8, 4) is 11.5 Å². The molecule has 1 N–H and O–H groups in total. The van der Waals surface area contributed by atoms with Gasteiger partial charge in [0.05, 0.1) is 31.5 Å². The van der Waals surface area contributed by atoms with E-state index in [4.69, 9.17) is 9.47 Å². The first kappa shape index (κ1) is 21.4. The van der Waals surface area contributed by atoms with Crippen LogP contribution in [0.2, 0.25) is 0 Å². The van der Waals surface area contributed by atoms with Crippen molar-refractivity contribution < 1.29 is 9.47 Å². The van der Waals surface area contributed by atoms with Crippen molar-refractivity contribution in [2.24, 2.45) is 4.99 Å². The Balaban J connectivity index is 1.52. The number of ether oxygens (including phenoxy) is 2. The van der Waals surface area contributed by atoms with Gasteiger partial charge in [-0.25, -0.2) is 4.98 Å². The average molecular weight is 418 g/mol. The smallest absolute Gasteiger partial charge is 0.194 e. The second kappa shape index (κ2) is 10.5. The fraction of sp³-hybridized carbons (Fsp3) is 0.524. The summed E-state index contributed by atoms with van der Waals surface area (Å²) in [6.45, 7) is 7.50. The number of hydrogen-bond acceptors (Lipinski definition) is 6. The number of aromatic nitrogens is 1. The molecule has 0 atom stereocenters. The van der Waals surface area contributed by atoms with Crippen LogP contribution in [-0.4, -0.2) is 68.2 Å². The topological polar surface area (TPSA) is 62.2 Å². The summed E-state index contributed by atoms with van der Waals surface area (Å²) in [6.07, 6.45) is 0.986. The number of aliphatic imine (C=N–C) groups is 1. The quantitative estimate of drug-likeness (QED) is 0.552. The van der Waals surface area contributed by atoms with E-state index in [2.05, 4.69) is 43.5 Å². The van der Waals surface area contributed by atoms with Crippen LogP contribution in [0, 0.1) is 0 Å². The summed E-state index contributed by atoms with van der Waals surface area (Å²) in [6, 6.07) is 5.96. The van der Waals surface area contributed by atoms with Gasteiger partial charge in [0.1, 0.15) is 11.5 Å². The number of nitrogens with one attached hydrogen (secondary N) is 1. The van der Waals surface area contributed by atoms with Gasteiger partial charge in [-0.05, 0) is 24.6 Å². The maximum Gasteiger partial charge on any atom is 0.194 e. The fourth-order valence-corrected chi connectivity index (χ4v) is 4.20. The molecule has 1 aliphatic rings. The predicted octanol–water partition coefficient (Wildman–Crippen LogP) is 2.62. The summed E-state index contributed by atoms with van der Waals surface area (Å²) < 4.78 is 10.9. The number of piperazine rings is 1. The Hall–Kier alpha value is -2.32. The number of benzene rings is 1. The molecular weight excluding hydrogens is 386 g/mol. The monoisotopic (exact) mass is 417 g/mol. The minimum absolute atomic E-state index is 0.713. The number of rotatable bonds is 7. The Morgan fingerprint density at radius 1 is 1.21 bits per heavy atom. The lowest BCUT2D eigenvalue weighted by molar-refractivity contribution is 0.171. The van der Waals surface area contributed by atoms with Crippen LogP contribution in [0.1, 0.15) is 23.2 Å². The highest BCUT2D eigenvalue weighted by molar-refractivity contribution is 7.09. The van der Waals surface area contributed by atoms with Crippen LogP contribution in [-0.2, 0) is 19.5 Å². The van der Waals surface area contributed by atoms with E-state index in [-0.39, 0.29) is 0 Å². The molecule has 7 nitrogen and oxygen atoms in total. The third-order valence-corrected chi connectivity index (χ3v) is 6.14. The molecule has 2 aromatic rings. The standard InChI is InChI=1S/C21H31N5O2S/c1-5-20-24-17(15-29-20)13-23-21(22-2)26-10-8-25(9-11-26)14-16-12-18(27-3)6-7-19(16)28-4/h6-7,12,15H,5,8-11,13-14H2,1-4H3,(H,22,23). The zero-order valence-electron chi connectivity index (χ0n) is 17.8. The van der Waals surface area contributed by atoms with Crippen molar-refractivity contribution in [2.45, 2.75) is 26.4 Å². The van der Waals surface area contributed by atoms with Gasteiger partial charge in [-0.3, -0.25) is 9.89 Å². The zero-order valence-corrected chi connectivity index (χ0v) is 18.6. The summed E-state index contributed by atoms with van der Waals surface area (Å²) in [5.41, 5.74) is 2.23. The molecule has 0 spiro atoms. The van der Waals surface area contributed by atoms with Gasteiger partial charge in [0, 0.05) is 50.7 Å². The van der Waals surface area contributed by atoms with Crippen molar-refractivity contribution >= 4 is 17.3 Å². The Bertz CT molecular complexity index is 815. The van der Waals surface area contributed by atoms with Crippen LogP contribution in [0.25, 0.3) is 0 Å². The molecule has 2 heterocycles. The van der Waals surface area contributed by atoms with Gasteiger partial charge in [-0.15, -0.1) is 11.3 Å². The molecule has 0 saturated carbocycles. The van der Waals surface area contributed by atoms with Crippen LogP contribution < -0.4 is 14.8 Å². The van der Waals surface area contributed by atoms with E-state index in [9.17, 15) is 0 Å². The molecule has 1 fully saturated rings. The molecule has 0 radical (unpaired) electrons. The Kier molecular flexibility index (Phi) is 7.71. The average Bonchev–Trinajstić information content (AvgIpc) is 3.23. The second-order valence-electron chi connectivity index (χ2n) is 6.93. The van der Waals surface area contributed by atoms with Gasteiger partial charge in [0.2, 0.25) is 0 Å². The molecule has 1 saturated heterocycles. The molecule has 3 rings (SSSR count). The summed E-state index contributed by atoms with van der Waals surface area (Å²) in [5, 5.41) is 6.76. The zero-order chi connectivity index (χ0) is 20.6. The molecule has 0 aliphatic carbocycles. The lowest BCUT2D eigenvalue weighted by atomic mass is 10.1. The maximum absolute atomic E-state index is 5.52. The van der Waals surface area contributed by atoms with Gasteiger partial charge in [0.15, 0.2) is 5.96 Å². The highest BCUT2D eigenvalue weighted by Crippen LogP contribution is 2.25. The second-order valence-corrected chi connectivity index (χ2v) is 7.87. The summed E-state index contributed by atoms with van der Waals surface area (Å²) >= 11 is 1.72. The summed E-state index contributed by atoms with van der Waals surface area (Å²) in [7, 11) is 5.25. The maximum atomic E-state index is 5.52. The summed E-state index contributed by atoms with van der Waals surface area (Å²) in [5.74, 6) is 2.70. The number of hydrogen-bond donors (Lipinski definition) is 1. The first-order chi connectivity index (χ1) is 14.2. The number of thiazole rings is 1. The van der Waals surface area contributed by atoms with E-state index in [1.807, 2.05) is 19.2 Å². The Morgan fingerprint density at radius 3 is 2.62 bits per heavy atom. The SMILES string of the molecule is CCc1nc(CNC(=NC)N2CCN(Cc3cc(OC)ccc3OC)CC2)cs1. The third-order valence-electron chi connectivity index (χ3n) is 5.09. The van der Waals surface area contributed by atoms with Crippen molar-refractivity contribution in [1.82, 2.24) is 20.1 Å². The van der Waals surface area contributed by atoms with Crippen LogP contribution >= 0.6 is 11.3 Å². The number of guanidine groups is 1. The highest BCUT2D eigenvalue weighted by atomic mass is 32.1. The number of aryl methyl sites for hydroxylation is 1. The molecule has 1 aromatic carbocycles. The summed E-state index contributed by atoms with van der Waals surface area (Å²) in [4.78, 5) is 13.8. The van der Waals surface area contributed by atoms with Crippen LogP contribution in [0.3, 0.4) is 0 Å². The minimum Gasteiger partial charge on any atom is -0.497 e. The van der Waals surface area contributed by atoms with Crippen molar-refractivity contribution in [3.63, 3.8) is 0 Å². The third kappa shape index (κ3) is 5.61. The minimum atomic E-state index is 0.713. The van der Waals surface area contributed by atoms with E-state index in [0.29, 0.717) is 6.54 Å². The van der Waals surface area contributed by atoms with Gasteiger partial charge < -0.3 is 19.7 Å². The van der Waals surface area contributed by atoms with E-state index < -0.39 is 0 Å². The Labute approximate surface area is 177 Å². The van der Waals surface area contributed by atoms with E-state index in [0.717, 1.165) is 67.9 Å². The van der Waals surface area contributed by atoms with Crippen molar-refractivity contribution in [3.05, 3.63) is 39.8 Å². The van der Waals surface area contributed by atoms with E-state index in [1.165, 1.54) is 5.01 Å². The molecule has 0 bridgehead atoms. The van der Waals surface area contributed by atoms with Crippen LogP contribution in [0.5, 0.6) is 11.5 Å². The van der Waals surface area contributed by atoms with Gasteiger partial charge in [-0.2, -0.15) is 0 Å². The van der Waals surface area contributed by atoms with Gasteiger partial charge in [0.25, 0.3) is 0 Å². The van der Waals surface area contributed by atoms with E-state index in [1.54, 1.807) is 25.6 Å². The molecule has 29 heavy (non-hydrogen) atoms. The first-order valence-electron chi connectivity index (χ1n) is 9.99. The van der Waals surface area contributed by atoms with Crippen LogP contribution in [0.15, 0.2) is 28.6 Å². The molecule has 0 amide bonds. The van der Waals surface area contributed by atoms with Crippen molar-refractivity contribution in [2.75, 3.05) is 47.4 Å². The molecule has 8 heteroatoms. The lowest BCUT2D eigenvalue weighted by Gasteiger charge is -2.36. The van der Waals surface area contributed by atoms with Crippen LogP contribution in [0.4, 0.5) is 0 Å². The molecule has 1 aromatic heterocycles. The van der Waals surface area contributed by atoms with Crippen molar-refractivity contribution in [1.29, 1.82) is 0 Å². The fourth-order valence-electron chi connectivity index (χ4n) is 3.46. The van der Waals surface area contributed by atoms with E-state index >= 15 is 0 Å². The molecule has 158 valence electrons. The normalized spacial score (nSPS) is 15.4. The number of nitrogens with zero attached hydrogens (tertiary/aromatic N) is 4. The van der Waals surface area contributed by atoms with Gasteiger partial charge >= 0.3 is 0 Å². The Morgan fingerprint density at radius 2 is 2.00 bits per heavy atom. The first-order valence-corrected chi connectivity index (χ1v) is 10.9. The predicted molar refractivity (Wildman–Crippen MR) is 118 cm³/mol. The highest BCUT2D eigenvalue weighted by Gasteiger charge is 2.21. The lowest BCUT2D eigenvalue weighted by Crippen LogP contribution is -2.52. The molecular formula is C21H31N5O2S. The largest absolute Gasteiger partial charge is 0.497 e. The molecule has 1 aliphatic heterocycles. The van der Waals surface area contributed by atoms with Gasteiger partial charge in [-0.1, -0.05) is 6.92 Å². The molecule has 0 unspecified atom stereocenters.